The first-order valence-electron chi connectivity index (χ1n) is 10.9. The SMILES string of the molecule is COc1ccc(-n2c(C(=O)OC(C)C)cc(-c3ccccc3)c3nc4ccccc4c2-3)cc1. The van der Waals surface area contributed by atoms with E-state index >= 15 is 0 Å². The third-order valence-corrected chi connectivity index (χ3v) is 5.58. The van der Waals surface area contributed by atoms with E-state index in [9.17, 15) is 4.79 Å². The van der Waals surface area contributed by atoms with Crippen molar-refractivity contribution in [2.75, 3.05) is 7.11 Å². The number of aromatic nitrogens is 2. The maximum atomic E-state index is 13.4. The fraction of sp³-hybridized carbons (Fsp3) is 0.143. The molecule has 0 amide bonds. The zero-order valence-corrected chi connectivity index (χ0v) is 18.8. The maximum absolute atomic E-state index is 13.4. The van der Waals surface area contributed by atoms with E-state index in [1.165, 1.54) is 0 Å². The van der Waals surface area contributed by atoms with Crippen LogP contribution in [0.25, 0.3) is 39.1 Å². The summed E-state index contributed by atoms with van der Waals surface area (Å²) in [6, 6.07) is 27.5. The number of nitrogens with zero attached hydrogens (tertiary/aromatic N) is 2. The number of ether oxygens (including phenoxy) is 2. The van der Waals surface area contributed by atoms with E-state index in [0.29, 0.717) is 5.69 Å². The summed E-state index contributed by atoms with van der Waals surface area (Å²) in [6.07, 6.45) is -0.243. The molecule has 3 aromatic rings. The van der Waals surface area contributed by atoms with E-state index in [0.717, 1.165) is 44.9 Å². The molecule has 0 unspecified atom stereocenters. The van der Waals surface area contributed by atoms with E-state index in [2.05, 4.69) is 0 Å². The average Bonchev–Trinajstić information content (AvgIpc) is 3.23. The van der Waals surface area contributed by atoms with Gasteiger partial charge < -0.3 is 14.0 Å². The third kappa shape index (κ3) is 3.72. The minimum atomic E-state index is -0.384. The van der Waals surface area contributed by atoms with Gasteiger partial charge in [-0.15, -0.1) is 0 Å². The summed E-state index contributed by atoms with van der Waals surface area (Å²) >= 11 is 0. The molecule has 164 valence electrons. The van der Waals surface area contributed by atoms with Gasteiger partial charge in [0.1, 0.15) is 11.4 Å². The van der Waals surface area contributed by atoms with Crippen LogP contribution in [0, 0.1) is 0 Å². The number of hydrogen-bond donors (Lipinski definition) is 0. The van der Waals surface area contributed by atoms with Gasteiger partial charge in [-0.25, -0.2) is 9.78 Å². The molecule has 0 atom stereocenters. The van der Waals surface area contributed by atoms with Crippen molar-refractivity contribution in [1.82, 2.24) is 9.55 Å². The highest BCUT2D eigenvalue weighted by atomic mass is 16.5. The van der Waals surface area contributed by atoms with Crippen LogP contribution in [0.15, 0.2) is 84.9 Å². The molecule has 0 fully saturated rings. The number of carbonyl (C=O) groups excluding carboxylic acids is 1. The minimum absolute atomic E-state index is 0.243. The molecule has 0 saturated heterocycles. The molecule has 0 bridgehead atoms. The van der Waals surface area contributed by atoms with Crippen molar-refractivity contribution in [3.63, 3.8) is 0 Å². The van der Waals surface area contributed by atoms with E-state index in [1.54, 1.807) is 7.11 Å². The van der Waals surface area contributed by atoms with E-state index < -0.39 is 0 Å². The topological polar surface area (TPSA) is 53.4 Å². The van der Waals surface area contributed by atoms with Crippen LogP contribution < -0.4 is 4.74 Å². The lowest BCUT2D eigenvalue weighted by Gasteiger charge is -2.21. The van der Waals surface area contributed by atoms with Crippen LogP contribution in [0.2, 0.25) is 0 Å². The number of fused-ring (bicyclic) bond motifs is 3. The highest BCUT2D eigenvalue weighted by molar-refractivity contribution is 6.04. The molecule has 2 aliphatic rings. The molecule has 0 saturated carbocycles. The molecule has 5 rings (SSSR count). The first-order valence-corrected chi connectivity index (χ1v) is 10.9. The Kier molecular flexibility index (Phi) is 5.31. The van der Waals surface area contributed by atoms with Crippen molar-refractivity contribution in [2.45, 2.75) is 20.0 Å². The maximum Gasteiger partial charge on any atom is 0.355 e. The van der Waals surface area contributed by atoms with Crippen molar-refractivity contribution >= 4 is 16.9 Å². The van der Waals surface area contributed by atoms with Gasteiger partial charge in [0.2, 0.25) is 0 Å². The van der Waals surface area contributed by atoms with Crippen LogP contribution in [0.1, 0.15) is 24.3 Å². The number of rotatable bonds is 5. The highest BCUT2D eigenvalue weighted by Gasteiger charge is 2.27. The Morgan fingerprint density at radius 1 is 0.909 bits per heavy atom. The first kappa shape index (κ1) is 20.8. The van der Waals surface area contributed by atoms with Crippen molar-refractivity contribution in [3.8, 4) is 34.0 Å². The number of pyridine rings is 1. The van der Waals surface area contributed by atoms with Crippen molar-refractivity contribution in [3.05, 3.63) is 90.6 Å². The van der Waals surface area contributed by atoms with Crippen molar-refractivity contribution in [2.24, 2.45) is 0 Å². The van der Waals surface area contributed by atoms with Crippen LogP contribution >= 0.6 is 0 Å². The number of methoxy groups -OCH3 is 1. The largest absolute Gasteiger partial charge is 0.497 e. The van der Waals surface area contributed by atoms with E-state index in [1.807, 2.05) is 103 Å². The van der Waals surface area contributed by atoms with Crippen LogP contribution in [0.5, 0.6) is 5.75 Å². The minimum Gasteiger partial charge on any atom is -0.497 e. The van der Waals surface area contributed by atoms with Gasteiger partial charge in [-0.1, -0.05) is 48.5 Å². The Morgan fingerprint density at radius 3 is 2.30 bits per heavy atom. The average molecular weight is 437 g/mol. The second-order valence-electron chi connectivity index (χ2n) is 8.12. The summed E-state index contributed by atoms with van der Waals surface area (Å²) in [5.74, 6) is 0.360. The van der Waals surface area contributed by atoms with Crippen molar-refractivity contribution in [1.29, 1.82) is 0 Å². The molecule has 3 aromatic carbocycles. The lowest BCUT2D eigenvalue weighted by Crippen LogP contribution is -2.19. The summed E-state index contributed by atoms with van der Waals surface area (Å²) in [5.41, 5.74) is 5.73. The molecule has 5 nitrogen and oxygen atoms in total. The molecule has 2 aliphatic heterocycles. The van der Waals surface area contributed by atoms with Crippen LogP contribution in [-0.4, -0.2) is 28.7 Å². The molecule has 0 aromatic heterocycles. The van der Waals surface area contributed by atoms with Gasteiger partial charge in [-0.05, 0) is 55.8 Å². The lowest BCUT2D eigenvalue weighted by molar-refractivity contribution is 0.0368. The van der Waals surface area contributed by atoms with Gasteiger partial charge in [-0.3, -0.25) is 0 Å². The molecular weight excluding hydrogens is 412 g/mol. The number of carbonyl (C=O) groups is 1. The Morgan fingerprint density at radius 2 is 1.61 bits per heavy atom. The molecule has 5 heteroatoms. The standard InChI is InChI=1S/C28H24N2O3/c1-18(2)33-28(31)25-17-23(19-9-5-4-6-10-19)26-27(22-11-7-8-12-24(22)29-26)30(25)20-13-15-21(32-3)16-14-20/h4-18H,1-3H3. The Labute approximate surface area is 192 Å². The predicted octanol–water partition coefficient (Wildman–Crippen LogP) is 6.37. The zero-order chi connectivity index (χ0) is 22.9. The Hall–Kier alpha value is -4.12. The van der Waals surface area contributed by atoms with Crippen LogP contribution in [-0.2, 0) is 4.74 Å². The summed E-state index contributed by atoms with van der Waals surface area (Å²) in [7, 11) is 1.63. The van der Waals surface area contributed by atoms with Gasteiger partial charge in [-0.2, -0.15) is 0 Å². The Bertz CT molecular complexity index is 1400. The van der Waals surface area contributed by atoms with Crippen molar-refractivity contribution < 1.29 is 14.3 Å². The fourth-order valence-corrected chi connectivity index (χ4v) is 4.14. The number of hydrogen-bond acceptors (Lipinski definition) is 4. The van der Waals surface area contributed by atoms with Crippen LogP contribution in [0.3, 0.4) is 0 Å². The van der Waals surface area contributed by atoms with Gasteiger partial charge in [0.15, 0.2) is 0 Å². The Balaban J connectivity index is 1.90. The van der Waals surface area contributed by atoms with E-state index in [-0.39, 0.29) is 12.1 Å². The van der Waals surface area contributed by atoms with Crippen LogP contribution in [0.4, 0.5) is 0 Å². The number of esters is 1. The zero-order valence-electron chi connectivity index (χ0n) is 18.8. The number of benzene rings is 3. The summed E-state index contributed by atoms with van der Waals surface area (Å²) in [4.78, 5) is 18.3. The molecule has 0 aliphatic carbocycles. The van der Waals surface area contributed by atoms with Gasteiger partial charge >= 0.3 is 5.97 Å². The van der Waals surface area contributed by atoms with E-state index in [4.69, 9.17) is 14.5 Å². The second kappa shape index (κ2) is 8.43. The lowest BCUT2D eigenvalue weighted by atomic mass is 9.99. The monoisotopic (exact) mass is 436 g/mol. The quantitative estimate of drug-likeness (QED) is 0.300. The predicted molar refractivity (Wildman–Crippen MR) is 130 cm³/mol. The molecule has 0 N–H and O–H groups in total. The fourth-order valence-electron chi connectivity index (χ4n) is 4.14. The molecule has 0 spiro atoms. The molecular formula is C28H24N2O3. The summed E-state index contributed by atoms with van der Waals surface area (Å²) in [6.45, 7) is 3.71. The van der Waals surface area contributed by atoms with Gasteiger partial charge in [0.05, 0.1) is 30.1 Å². The summed E-state index contributed by atoms with van der Waals surface area (Å²) < 4.78 is 13.0. The molecule has 2 heterocycles. The second-order valence-corrected chi connectivity index (χ2v) is 8.12. The molecule has 0 radical (unpaired) electrons. The first-order chi connectivity index (χ1) is 16.1. The molecule has 33 heavy (non-hydrogen) atoms. The third-order valence-electron chi connectivity index (χ3n) is 5.58. The summed E-state index contributed by atoms with van der Waals surface area (Å²) in [5, 5.41) is 0.972. The smallest absolute Gasteiger partial charge is 0.355 e. The van der Waals surface area contributed by atoms with Gasteiger partial charge in [0.25, 0.3) is 0 Å². The van der Waals surface area contributed by atoms with Gasteiger partial charge in [0, 0.05) is 16.6 Å². The normalized spacial score (nSPS) is 11.3. The highest BCUT2D eigenvalue weighted by Crippen LogP contribution is 2.41. The number of para-hydroxylation sites is 1.